The Hall–Kier alpha value is -1.51. The lowest BCUT2D eigenvalue weighted by atomic mass is 10.0. The predicted molar refractivity (Wildman–Crippen MR) is 54.9 cm³/mol. The molecule has 0 radical (unpaired) electrons. The molecule has 1 aromatic rings. The summed E-state index contributed by atoms with van der Waals surface area (Å²) in [7, 11) is 0. The molecule has 1 aromatic carbocycles. The first kappa shape index (κ1) is 10.6. The van der Waals surface area contributed by atoms with Crippen LogP contribution in [-0.2, 0) is 0 Å². The average molecular weight is 191 g/mol. The molecule has 14 heavy (non-hydrogen) atoms. The van der Waals surface area contributed by atoms with Gasteiger partial charge in [0.05, 0.1) is 12.6 Å². The van der Waals surface area contributed by atoms with Gasteiger partial charge in [-0.15, -0.1) is 0 Å². The minimum atomic E-state index is -0.702. The molecule has 4 heteroatoms. The molecule has 0 fully saturated rings. The fourth-order valence-electron chi connectivity index (χ4n) is 1.41. The zero-order valence-corrected chi connectivity index (χ0v) is 8.31. The maximum absolute atomic E-state index is 9.66. The van der Waals surface area contributed by atoms with Gasteiger partial charge >= 0.3 is 0 Å². The summed E-state index contributed by atoms with van der Waals surface area (Å²) < 4.78 is 0. The van der Waals surface area contributed by atoms with Crippen LogP contribution in [0.4, 0.5) is 0 Å². The molecule has 0 bridgehead atoms. The second-order valence-electron chi connectivity index (χ2n) is 3.29. The molecular weight excluding hydrogens is 178 g/mol. The van der Waals surface area contributed by atoms with Crippen molar-refractivity contribution in [3.63, 3.8) is 0 Å². The highest BCUT2D eigenvalue weighted by Crippen LogP contribution is 2.18. The minimum absolute atomic E-state index is 0.0837. The molecule has 0 saturated carbocycles. The molecule has 74 valence electrons. The van der Waals surface area contributed by atoms with Crippen molar-refractivity contribution in [3.05, 3.63) is 45.3 Å². The molecule has 0 aliphatic carbocycles. The van der Waals surface area contributed by atoms with E-state index in [1.165, 1.54) is 0 Å². The summed E-state index contributed by atoms with van der Waals surface area (Å²) in [6.07, 6.45) is -0.702. The highest BCUT2D eigenvalue weighted by atomic mass is 16.3. The Bertz CT molecular complexity index is 370. The van der Waals surface area contributed by atoms with E-state index in [2.05, 4.69) is 10.0 Å². The topological polar surface area (TPSA) is 69.0 Å². The molecule has 4 nitrogen and oxygen atoms in total. The van der Waals surface area contributed by atoms with Crippen molar-refractivity contribution in [1.29, 1.82) is 0 Å². The third-order valence-electron chi connectivity index (χ3n) is 2.10. The highest BCUT2D eigenvalue weighted by molar-refractivity contribution is 5.32. The van der Waals surface area contributed by atoms with Gasteiger partial charge in [0, 0.05) is 4.91 Å². The van der Waals surface area contributed by atoms with Crippen molar-refractivity contribution in [1.82, 2.24) is 0 Å². The van der Waals surface area contributed by atoms with Gasteiger partial charge < -0.3 is 5.11 Å². The molecule has 0 amide bonds. The first-order chi connectivity index (χ1) is 6.65. The maximum Gasteiger partial charge on any atom is 0.0848 e. The summed E-state index contributed by atoms with van der Waals surface area (Å²) in [6, 6.07) is 5.79. The lowest BCUT2D eigenvalue weighted by molar-refractivity contribution is 0.186. The van der Waals surface area contributed by atoms with Crippen LogP contribution in [0.2, 0.25) is 0 Å². The van der Waals surface area contributed by atoms with Crippen LogP contribution >= 0.6 is 0 Å². The van der Waals surface area contributed by atoms with Crippen LogP contribution in [-0.4, -0.2) is 11.7 Å². The summed E-state index contributed by atoms with van der Waals surface area (Å²) in [4.78, 5) is 2.61. The zero-order chi connectivity index (χ0) is 10.6. The van der Waals surface area contributed by atoms with Gasteiger partial charge in [0.25, 0.3) is 0 Å². The van der Waals surface area contributed by atoms with Crippen LogP contribution in [0.25, 0.3) is 10.4 Å². The normalized spacial score (nSPS) is 11.9. The summed E-state index contributed by atoms with van der Waals surface area (Å²) in [5, 5.41) is 13.0. The van der Waals surface area contributed by atoms with Crippen LogP contribution in [0.5, 0.6) is 0 Å². The lowest BCUT2D eigenvalue weighted by Crippen LogP contribution is -2.03. The zero-order valence-electron chi connectivity index (χ0n) is 8.31. The molecule has 0 saturated heterocycles. The van der Waals surface area contributed by atoms with E-state index < -0.39 is 6.10 Å². The van der Waals surface area contributed by atoms with Gasteiger partial charge in [-0.05, 0) is 30.5 Å². The molecule has 0 aromatic heterocycles. The van der Waals surface area contributed by atoms with Crippen molar-refractivity contribution in [3.8, 4) is 0 Å². The Balaban J connectivity index is 2.89. The quantitative estimate of drug-likeness (QED) is 0.445. The number of hydrogen-bond donors (Lipinski definition) is 1. The summed E-state index contributed by atoms with van der Waals surface area (Å²) in [5.74, 6) is 0. The van der Waals surface area contributed by atoms with E-state index >= 15 is 0 Å². The molecule has 0 heterocycles. The first-order valence-electron chi connectivity index (χ1n) is 4.41. The lowest BCUT2D eigenvalue weighted by Gasteiger charge is -2.11. The Morgan fingerprint density at radius 2 is 2.21 bits per heavy atom. The Morgan fingerprint density at radius 1 is 1.50 bits per heavy atom. The molecule has 1 N–H and O–H groups in total. The van der Waals surface area contributed by atoms with Crippen molar-refractivity contribution < 1.29 is 5.11 Å². The summed E-state index contributed by atoms with van der Waals surface area (Å²) >= 11 is 0. The monoisotopic (exact) mass is 191 g/mol. The predicted octanol–water partition coefficient (Wildman–Crippen LogP) is 2.65. The number of nitrogens with zero attached hydrogens (tertiary/aromatic N) is 3. The van der Waals surface area contributed by atoms with Gasteiger partial charge in [-0.3, -0.25) is 0 Å². The van der Waals surface area contributed by atoms with E-state index in [1.54, 1.807) is 0 Å². The number of azide groups is 1. The van der Waals surface area contributed by atoms with Crippen LogP contribution < -0.4 is 0 Å². The van der Waals surface area contributed by atoms with Crippen molar-refractivity contribution in [2.24, 2.45) is 5.11 Å². The molecule has 1 atom stereocenters. The second kappa shape index (κ2) is 4.65. The van der Waals surface area contributed by atoms with E-state index in [1.807, 2.05) is 32.0 Å². The maximum atomic E-state index is 9.66. The van der Waals surface area contributed by atoms with Gasteiger partial charge in [0.1, 0.15) is 0 Å². The first-order valence-corrected chi connectivity index (χ1v) is 4.41. The SMILES string of the molecule is Cc1ccc(C(O)CN=[N+]=[N-])c(C)c1. The summed E-state index contributed by atoms with van der Waals surface area (Å²) in [6.45, 7) is 4.01. The van der Waals surface area contributed by atoms with Crippen molar-refractivity contribution in [2.75, 3.05) is 6.54 Å². The fraction of sp³-hybridized carbons (Fsp3) is 0.400. The standard InChI is InChI=1S/C10H13N3O/c1-7-3-4-9(8(2)5-7)10(14)6-12-13-11/h3-5,10,14H,6H2,1-2H3. The van der Waals surface area contributed by atoms with Crippen LogP contribution in [0, 0.1) is 13.8 Å². The smallest absolute Gasteiger partial charge is 0.0848 e. The molecule has 0 spiro atoms. The Kier molecular flexibility index (Phi) is 3.51. The third kappa shape index (κ3) is 2.49. The molecule has 0 aliphatic heterocycles. The van der Waals surface area contributed by atoms with E-state index in [0.29, 0.717) is 0 Å². The molecule has 1 rings (SSSR count). The highest BCUT2D eigenvalue weighted by Gasteiger charge is 2.08. The number of rotatable bonds is 3. The van der Waals surface area contributed by atoms with Crippen LogP contribution in [0.3, 0.4) is 0 Å². The number of aliphatic hydroxyl groups is 1. The Labute approximate surface area is 82.8 Å². The number of hydrogen-bond acceptors (Lipinski definition) is 2. The molecule has 0 aliphatic rings. The number of aryl methyl sites for hydroxylation is 2. The third-order valence-corrected chi connectivity index (χ3v) is 2.10. The Morgan fingerprint density at radius 3 is 2.79 bits per heavy atom. The van der Waals surface area contributed by atoms with E-state index in [0.717, 1.165) is 16.7 Å². The van der Waals surface area contributed by atoms with E-state index in [9.17, 15) is 5.11 Å². The van der Waals surface area contributed by atoms with Gasteiger partial charge in [-0.25, -0.2) is 0 Å². The van der Waals surface area contributed by atoms with Crippen molar-refractivity contribution in [2.45, 2.75) is 20.0 Å². The average Bonchev–Trinajstić information content (AvgIpc) is 2.14. The van der Waals surface area contributed by atoms with E-state index in [-0.39, 0.29) is 6.54 Å². The fourth-order valence-corrected chi connectivity index (χ4v) is 1.41. The van der Waals surface area contributed by atoms with Crippen LogP contribution in [0.1, 0.15) is 22.8 Å². The second-order valence-corrected chi connectivity index (χ2v) is 3.29. The van der Waals surface area contributed by atoms with Gasteiger partial charge in [-0.1, -0.05) is 28.9 Å². The minimum Gasteiger partial charge on any atom is -0.388 e. The van der Waals surface area contributed by atoms with Crippen molar-refractivity contribution >= 4 is 0 Å². The van der Waals surface area contributed by atoms with Gasteiger partial charge in [0.15, 0.2) is 0 Å². The molecule has 1 unspecified atom stereocenters. The number of benzene rings is 1. The number of aliphatic hydroxyl groups excluding tert-OH is 1. The molecular formula is C10H13N3O. The summed E-state index contributed by atoms with van der Waals surface area (Å²) in [5.41, 5.74) is 11.1. The van der Waals surface area contributed by atoms with Crippen LogP contribution in [0.15, 0.2) is 23.3 Å². The van der Waals surface area contributed by atoms with Gasteiger partial charge in [0.2, 0.25) is 0 Å². The van der Waals surface area contributed by atoms with Gasteiger partial charge in [-0.2, -0.15) is 0 Å². The largest absolute Gasteiger partial charge is 0.388 e. The van der Waals surface area contributed by atoms with E-state index in [4.69, 9.17) is 5.53 Å².